The maximum atomic E-state index is 11.0. The van der Waals surface area contributed by atoms with Crippen LogP contribution < -0.4 is 10.1 Å². The van der Waals surface area contributed by atoms with Crippen LogP contribution in [0.25, 0.3) is 0 Å². The molecule has 1 aromatic carbocycles. The molecular formula is C15H21N3O3. The van der Waals surface area contributed by atoms with Gasteiger partial charge in [-0.2, -0.15) is 5.26 Å². The lowest BCUT2D eigenvalue weighted by atomic mass is 9.98. The van der Waals surface area contributed by atoms with Gasteiger partial charge in [0.05, 0.1) is 17.6 Å². The second kappa shape index (κ2) is 7.60. The number of nitrogens with one attached hydrogen (secondary N) is 1. The molecule has 0 saturated heterocycles. The smallest absolute Gasteiger partial charge is 0.311 e. The molecule has 0 fully saturated rings. The highest BCUT2D eigenvalue weighted by atomic mass is 16.6. The summed E-state index contributed by atoms with van der Waals surface area (Å²) >= 11 is 0. The molecule has 6 heteroatoms. The molecule has 0 spiro atoms. The van der Waals surface area contributed by atoms with Crippen LogP contribution in [0.3, 0.4) is 0 Å². The van der Waals surface area contributed by atoms with Crippen LogP contribution in [0.4, 0.5) is 5.69 Å². The third-order valence-electron chi connectivity index (χ3n) is 3.51. The van der Waals surface area contributed by atoms with E-state index in [1.165, 1.54) is 0 Å². The van der Waals surface area contributed by atoms with Gasteiger partial charge in [0.2, 0.25) is 0 Å². The fourth-order valence-corrected chi connectivity index (χ4v) is 1.89. The zero-order chi connectivity index (χ0) is 15.9. The Kier molecular flexibility index (Phi) is 6.12. The summed E-state index contributed by atoms with van der Waals surface area (Å²) in [6, 6.07) is 7.21. The fraction of sp³-hybridized carbons (Fsp3) is 0.533. The summed E-state index contributed by atoms with van der Waals surface area (Å²) in [4.78, 5) is 10.6. The van der Waals surface area contributed by atoms with Gasteiger partial charge in [-0.1, -0.05) is 13.0 Å². The van der Waals surface area contributed by atoms with Crippen LogP contribution >= 0.6 is 0 Å². The first kappa shape index (κ1) is 16.9. The van der Waals surface area contributed by atoms with Crippen molar-refractivity contribution in [3.8, 4) is 11.8 Å². The number of hydrogen-bond acceptors (Lipinski definition) is 5. The maximum Gasteiger partial charge on any atom is 0.311 e. The molecule has 1 rings (SSSR count). The van der Waals surface area contributed by atoms with Crippen molar-refractivity contribution >= 4 is 5.69 Å². The summed E-state index contributed by atoms with van der Waals surface area (Å²) in [5.41, 5.74) is 0.300. The van der Waals surface area contributed by atoms with Crippen molar-refractivity contribution in [3.05, 3.63) is 33.9 Å². The number of nitrogens with zero attached hydrogens (tertiary/aromatic N) is 2. The number of nitro groups is 1. The largest absolute Gasteiger partial charge is 0.487 e. The summed E-state index contributed by atoms with van der Waals surface area (Å²) in [5.74, 6) is 0.278. The predicted molar refractivity (Wildman–Crippen MR) is 80.3 cm³/mol. The monoisotopic (exact) mass is 291 g/mol. The van der Waals surface area contributed by atoms with Crippen LogP contribution in [-0.2, 0) is 6.42 Å². The molecule has 0 amide bonds. The molecule has 1 unspecified atom stereocenters. The van der Waals surface area contributed by atoms with Gasteiger partial charge in [0.15, 0.2) is 5.75 Å². The minimum Gasteiger partial charge on any atom is -0.487 e. The van der Waals surface area contributed by atoms with Gasteiger partial charge < -0.3 is 10.1 Å². The Hall–Kier alpha value is -2.13. The summed E-state index contributed by atoms with van der Waals surface area (Å²) in [5, 5.41) is 23.0. The van der Waals surface area contributed by atoms with Crippen molar-refractivity contribution in [2.24, 2.45) is 0 Å². The minimum absolute atomic E-state index is 0.00832. The first-order valence-corrected chi connectivity index (χ1v) is 6.96. The number of rotatable bonds is 8. The Balaban J connectivity index is 2.64. The van der Waals surface area contributed by atoms with E-state index >= 15 is 0 Å². The van der Waals surface area contributed by atoms with E-state index in [1.54, 1.807) is 19.2 Å². The van der Waals surface area contributed by atoms with E-state index in [9.17, 15) is 10.1 Å². The van der Waals surface area contributed by atoms with E-state index in [0.29, 0.717) is 19.4 Å². The van der Waals surface area contributed by atoms with Crippen molar-refractivity contribution in [3.63, 3.8) is 0 Å². The molecule has 1 atom stereocenters. The lowest BCUT2D eigenvalue weighted by molar-refractivity contribution is -0.385. The van der Waals surface area contributed by atoms with Gasteiger partial charge in [-0.25, -0.2) is 0 Å². The average molecular weight is 291 g/mol. The maximum absolute atomic E-state index is 11.0. The van der Waals surface area contributed by atoms with Crippen LogP contribution in [0.1, 0.15) is 32.3 Å². The quantitative estimate of drug-likeness (QED) is 0.452. The fourth-order valence-electron chi connectivity index (χ4n) is 1.89. The molecule has 0 aromatic heterocycles. The number of benzene rings is 1. The van der Waals surface area contributed by atoms with E-state index in [-0.39, 0.29) is 11.4 Å². The molecule has 1 aromatic rings. The zero-order valence-electron chi connectivity index (χ0n) is 12.7. The Morgan fingerprint density at radius 1 is 1.52 bits per heavy atom. The van der Waals surface area contributed by atoms with E-state index in [4.69, 9.17) is 10.00 Å². The molecule has 21 heavy (non-hydrogen) atoms. The molecule has 0 aliphatic rings. The molecule has 0 radical (unpaired) electrons. The van der Waals surface area contributed by atoms with E-state index in [0.717, 1.165) is 12.0 Å². The van der Waals surface area contributed by atoms with Crippen molar-refractivity contribution in [2.75, 3.05) is 13.7 Å². The lowest BCUT2D eigenvalue weighted by Gasteiger charge is -2.20. The highest BCUT2D eigenvalue weighted by molar-refractivity contribution is 5.48. The normalized spacial score (nSPS) is 13.2. The topological polar surface area (TPSA) is 88.2 Å². The minimum atomic E-state index is -0.596. The Morgan fingerprint density at radius 3 is 2.76 bits per heavy atom. The molecule has 0 heterocycles. The molecular weight excluding hydrogens is 270 g/mol. The molecule has 114 valence electrons. The SMILES string of the molecule is CCc1ccc(OCCCC(C)(C#N)NC)c([N+](=O)[O-])c1. The second-order valence-electron chi connectivity index (χ2n) is 5.06. The Bertz CT molecular complexity index is 539. The first-order valence-electron chi connectivity index (χ1n) is 6.96. The van der Waals surface area contributed by atoms with Crippen molar-refractivity contribution in [1.29, 1.82) is 5.26 Å². The van der Waals surface area contributed by atoms with Crippen LogP contribution in [-0.4, -0.2) is 24.1 Å². The summed E-state index contributed by atoms with van der Waals surface area (Å²) in [6.07, 6.45) is 1.99. The Labute approximate surface area is 124 Å². The van der Waals surface area contributed by atoms with E-state index in [1.807, 2.05) is 19.9 Å². The molecule has 6 nitrogen and oxygen atoms in total. The first-order chi connectivity index (χ1) is 9.95. The highest BCUT2D eigenvalue weighted by Gasteiger charge is 2.21. The summed E-state index contributed by atoms with van der Waals surface area (Å²) in [6.45, 7) is 4.09. The molecule has 0 aliphatic heterocycles. The number of aryl methyl sites for hydroxylation is 1. The van der Waals surface area contributed by atoms with E-state index < -0.39 is 10.5 Å². The number of nitriles is 1. The summed E-state index contributed by atoms with van der Waals surface area (Å²) < 4.78 is 5.50. The van der Waals surface area contributed by atoms with Crippen molar-refractivity contribution < 1.29 is 9.66 Å². The van der Waals surface area contributed by atoms with Gasteiger partial charge in [-0.15, -0.1) is 0 Å². The van der Waals surface area contributed by atoms with Gasteiger partial charge in [-0.05, 0) is 44.9 Å². The van der Waals surface area contributed by atoms with Crippen LogP contribution in [0.5, 0.6) is 5.75 Å². The van der Waals surface area contributed by atoms with Gasteiger partial charge >= 0.3 is 5.69 Å². The van der Waals surface area contributed by atoms with Gasteiger partial charge in [0.25, 0.3) is 0 Å². The third-order valence-corrected chi connectivity index (χ3v) is 3.51. The second-order valence-corrected chi connectivity index (χ2v) is 5.06. The lowest BCUT2D eigenvalue weighted by Crippen LogP contribution is -2.38. The molecule has 0 aliphatic carbocycles. The molecule has 0 bridgehead atoms. The zero-order valence-corrected chi connectivity index (χ0v) is 12.7. The average Bonchev–Trinajstić information content (AvgIpc) is 2.51. The van der Waals surface area contributed by atoms with Crippen molar-refractivity contribution in [1.82, 2.24) is 5.32 Å². The predicted octanol–water partition coefficient (Wildman–Crippen LogP) is 2.82. The number of ether oxygens (including phenoxy) is 1. The van der Waals surface area contributed by atoms with Gasteiger partial charge in [0, 0.05) is 6.07 Å². The van der Waals surface area contributed by atoms with Crippen molar-refractivity contribution in [2.45, 2.75) is 38.6 Å². The van der Waals surface area contributed by atoms with Crippen LogP contribution in [0.2, 0.25) is 0 Å². The molecule has 1 N–H and O–H groups in total. The van der Waals surface area contributed by atoms with Crippen LogP contribution in [0.15, 0.2) is 18.2 Å². The van der Waals surface area contributed by atoms with Gasteiger partial charge in [-0.3, -0.25) is 10.1 Å². The highest BCUT2D eigenvalue weighted by Crippen LogP contribution is 2.28. The number of nitro benzene ring substituents is 1. The van der Waals surface area contributed by atoms with E-state index in [2.05, 4.69) is 11.4 Å². The standard InChI is InChI=1S/C15H21N3O3/c1-4-12-6-7-14(13(10-12)18(19)20)21-9-5-8-15(2,11-16)17-3/h6-7,10,17H,4-5,8-9H2,1-3H3. The summed E-state index contributed by atoms with van der Waals surface area (Å²) in [7, 11) is 1.73. The molecule has 0 saturated carbocycles. The number of hydrogen-bond donors (Lipinski definition) is 1. The van der Waals surface area contributed by atoms with Crippen LogP contribution in [0, 0.1) is 21.4 Å². The Morgan fingerprint density at radius 2 is 2.24 bits per heavy atom. The van der Waals surface area contributed by atoms with Gasteiger partial charge in [0.1, 0.15) is 5.54 Å². The third kappa shape index (κ3) is 4.72.